The summed E-state index contributed by atoms with van der Waals surface area (Å²) in [5.74, 6) is 1.96. The van der Waals surface area contributed by atoms with Crippen molar-refractivity contribution in [2.45, 2.75) is 41.5 Å². The SMILES string of the molecule is CC(=Nc1c(C)cccc1C)N1CN(C(C)=Nc2c(C)cccc2C)c2ccccc21. The molecule has 0 aliphatic carbocycles. The number of aliphatic imine (C=N–C) groups is 2. The minimum Gasteiger partial charge on any atom is -0.309 e. The molecular weight excluding hydrogens is 380 g/mol. The number of para-hydroxylation sites is 4. The Hall–Kier alpha value is -3.40. The lowest BCUT2D eigenvalue weighted by molar-refractivity contribution is 1.02. The van der Waals surface area contributed by atoms with E-state index in [1.54, 1.807) is 0 Å². The van der Waals surface area contributed by atoms with Gasteiger partial charge in [0.1, 0.15) is 18.3 Å². The molecule has 3 aromatic rings. The van der Waals surface area contributed by atoms with Crippen molar-refractivity contribution in [1.29, 1.82) is 0 Å². The second-order valence-electron chi connectivity index (χ2n) is 8.29. The average molecular weight is 411 g/mol. The number of rotatable bonds is 2. The van der Waals surface area contributed by atoms with Crippen LogP contribution in [0.2, 0.25) is 0 Å². The van der Waals surface area contributed by atoms with Gasteiger partial charge in [0.25, 0.3) is 0 Å². The fraction of sp³-hybridized carbons (Fsp3) is 0.259. The van der Waals surface area contributed by atoms with Gasteiger partial charge in [0, 0.05) is 0 Å². The van der Waals surface area contributed by atoms with E-state index < -0.39 is 0 Å². The van der Waals surface area contributed by atoms with Crippen LogP contribution in [-0.4, -0.2) is 18.3 Å². The summed E-state index contributed by atoms with van der Waals surface area (Å²) >= 11 is 0. The van der Waals surface area contributed by atoms with Crippen molar-refractivity contribution in [1.82, 2.24) is 0 Å². The molecule has 1 aliphatic heterocycles. The summed E-state index contributed by atoms with van der Waals surface area (Å²) in [4.78, 5) is 14.6. The Morgan fingerprint density at radius 1 is 0.581 bits per heavy atom. The molecule has 0 unspecified atom stereocenters. The van der Waals surface area contributed by atoms with Gasteiger partial charge < -0.3 is 9.80 Å². The first kappa shape index (κ1) is 20.9. The summed E-state index contributed by atoms with van der Waals surface area (Å²) in [5, 5.41) is 0. The van der Waals surface area contributed by atoms with Crippen molar-refractivity contribution in [3.63, 3.8) is 0 Å². The van der Waals surface area contributed by atoms with Crippen LogP contribution >= 0.6 is 0 Å². The first-order valence-electron chi connectivity index (χ1n) is 10.7. The summed E-state index contributed by atoms with van der Waals surface area (Å²) in [6.07, 6.45) is 0. The van der Waals surface area contributed by atoms with Gasteiger partial charge in [-0.1, -0.05) is 48.5 Å². The quantitative estimate of drug-likeness (QED) is 0.336. The molecule has 0 aromatic heterocycles. The summed E-state index contributed by atoms with van der Waals surface area (Å²) in [6.45, 7) is 13.3. The number of fused-ring (bicyclic) bond motifs is 1. The van der Waals surface area contributed by atoms with Crippen molar-refractivity contribution in [2.24, 2.45) is 9.98 Å². The van der Waals surface area contributed by atoms with Gasteiger partial charge in [-0.3, -0.25) is 0 Å². The Bertz CT molecular complexity index is 1060. The Morgan fingerprint density at radius 3 is 1.29 bits per heavy atom. The third-order valence-electron chi connectivity index (χ3n) is 5.95. The number of hydrogen-bond acceptors (Lipinski definition) is 2. The van der Waals surface area contributed by atoms with E-state index in [1.165, 1.54) is 22.3 Å². The molecule has 0 fully saturated rings. The molecule has 158 valence electrons. The molecule has 0 radical (unpaired) electrons. The summed E-state index contributed by atoms with van der Waals surface area (Å²) in [7, 11) is 0. The lowest BCUT2D eigenvalue weighted by Gasteiger charge is -2.22. The molecule has 4 heteroatoms. The third-order valence-corrected chi connectivity index (χ3v) is 5.95. The van der Waals surface area contributed by atoms with Crippen LogP contribution in [0, 0.1) is 27.7 Å². The fourth-order valence-corrected chi connectivity index (χ4v) is 4.18. The van der Waals surface area contributed by atoms with Crippen LogP contribution < -0.4 is 9.80 Å². The molecule has 0 atom stereocenters. The lowest BCUT2D eigenvalue weighted by atomic mass is 10.1. The largest absolute Gasteiger partial charge is 0.309 e. The van der Waals surface area contributed by atoms with Crippen LogP contribution in [0.1, 0.15) is 36.1 Å². The molecule has 0 N–H and O–H groups in total. The molecule has 0 bridgehead atoms. The number of benzene rings is 3. The predicted octanol–water partition coefficient (Wildman–Crippen LogP) is 7.00. The van der Waals surface area contributed by atoms with Crippen LogP contribution in [-0.2, 0) is 0 Å². The molecule has 3 aromatic carbocycles. The van der Waals surface area contributed by atoms with Gasteiger partial charge in [-0.2, -0.15) is 0 Å². The van der Waals surface area contributed by atoms with Crippen molar-refractivity contribution in [3.8, 4) is 0 Å². The van der Waals surface area contributed by atoms with Gasteiger partial charge in [-0.25, -0.2) is 9.98 Å². The van der Waals surface area contributed by atoms with Crippen LogP contribution in [0.25, 0.3) is 0 Å². The maximum absolute atomic E-state index is 5.02. The zero-order valence-corrected chi connectivity index (χ0v) is 19.3. The molecule has 0 saturated carbocycles. The van der Waals surface area contributed by atoms with Crippen LogP contribution in [0.15, 0.2) is 70.6 Å². The second kappa shape index (κ2) is 8.38. The minimum atomic E-state index is 0.694. The van der Waals surface area contributed by atoms with E-state index in [2.05, 4.69) is 112 Å². The molecule has 31 heavy (non-hydrogen) atoms. The van der Waals surface area contributed by atoms with Crippen LogP contribution in [0.5, 0.6) is 0 Å². The third kappa shape index (κ3) is 3.98. The highest BCUT2D eigenvalue weighted by Gasteiger charge is 2.29. The number of aryl methyl sites for hydroxylation is 4. The summed E-state index contributed by atoms with van der Waals surface area (Å²) in [5.41, 5.74) is 9.19. The average Bonchev–Trinajstić information content (AvgIpc) is 3.13. The molecule has 1 heterocycles. The highest BCUT2D eigenvalue weighted by atomic mass is 15.4. The Kier molecular flexibility index (Phi) is 5.64. The highest BCUT2D eigenvalue weighted by Crippen LogP contribution is 2.37. The standard InChI is InChI=1S/C27H30N4/c1-18-11-9-12-19(2)26(18)28-22(5)30-17-31(25-16-8-7-15-24(25)30)23(6)29-27-20(3)13-10-14-21(27)4/h7-16H,17H2,1-6H3. The molecule has 0 amide bonds. The second-order valence-corrected chi connectivity index (χ2v) is 8.29. The van der Waals surface area contributed by atoms with E-state index >= 15 is 0 Å². The maximum Gasteiger partial charge on any atom is 0.108 e. The molecule has 4 nitrogen and oxygen atoms in total. The maximum atomic E-state index is 5.02. The van der Waals surface area contributed by atoms with E-state index in [-0.39, 0.29) is 0 Å². The molecule has 4 rings (SSSR count). The minimum absolute atomic E-state index is 0.694. The van der Waals surface area contributed by atoms with Crippen molar-refractivity contribution in [3.05, 3.63) is 82.9 Å². The number of hydrogen-bond donors (Lipinski definition) is 0. The predicted molar refractivity (Wildman–Crippen MR) is 134 cm³/mol. The topological polar surface area (TPSA) is 31.2 Å². The van der Waals surface area contributed by atoms with Crippen molar-refractivity contribution < 1.29 is 0 Å². The number of anilines is 2. The molecular formula is C27H30N4. The van der Waals surface area contributed by atoms with E-state index in [9.17, 15) is 0 Å². The van der Waals surface area contributed by atoms with E-state index in [1.807, 2.05) is 0 Å². The molecule has 1 aliphatic rings. The zero-order valence-electron chi connectivity index (χ0n) is 19.3. The van der Waals surface area contributed by atoms with Gasteiger partial charge in [0.2, 0.25) is 0 Å². The number of amidine groups is 2. The highest BCUT2D eigenvalue weighted by molar-refractivity contribution is 6.10. The Morgan fingerprint density at radius 2 is 0.935 bits per heavy atom. The van der Waals surface area contributed by atoms with E-state index in [0.29, 0.717) is 6.67 Å². The van der Waals surface area contributed by atoms with Crippen LogP contribution in [0.4, 0.5) is 22.7 Å². The normalized spacial score (nSPS) is 14.3. The van der Waals surface area contributed by atoms with E-state index in [4.69, 9.17) is 9.98 Å². The fourth-order valence-electron chi connectivity index (χ4n) is 4.18. The van der Waals surface area contributed by atoms with E-state index in [0.717, 1.165) is 34.4 Å². The molecule has 0 spiro atoms. The first-order valence-corrected chi connectivity index (χ1v) is 10.7. The van der Waals surface area contributed by atoms with Crippen molar-refractivity contribution >= 4 is 34.4 Å². The number of nitrogens with zero attached hydrogens (tertiary/aromatic N) is 4. The monoisotopic (exact) mass is 410 g/mol. The zero-order chi connectivity index (χ0) is 22.1. The Labute approximate surface area is 185 Å². The van der Waals surface area contributed by atoms with Gasteiger partial charge in [0.15, 0.2) is 0 Å². The first-order chi connectivity index (χ1) is 14.9. The van der Waals surface area contributed by atoms with Gasteiger partial charge in [-0.05, 0) is 75.9 Å². The van der Waals surface area contributed by atoms with Crippen molar-refractivity contribution in [2.75, 3.05) is 16.5 Å². The van der Waals surface area contributed by atoms with Crippen LogP contribution in [0.3, 0.4) is 0 Å². The Balaban J connectivity index is 1.73. The van der Waals surface area contributed by atoms with Gasteiger partial charge in [0.05, 0.1) is 22.7 Å². The van der Waals surface area contributed by atoms with Gasteiger partial charge >= 0.3 is 0 Å². The molecule has 0 saturated heterocycles. The smallest absolute Gasteiger partial charge is 0.108 e. The lowest BCUT2D eigenvalue weighted by Crippen LogP contribution is -2.36. The van der Waals surface area contributed by atoms with Gasteiger partial charge in [-0.15, -0.1) is 0 Å². The summed E-state index contributed by atoms with van der Waals surface area (Å²) in [6, 6.07) is 21.1. The summed E-state index contributed by atoms with van der Waals surface area (Å²) < 4.78 is 0.